The van der Waals surface area contributed by atoms with Crippen molar-refractivity contribution >= 4 is 10.0 Å². The highest BCUT2D eigenvalue weighted by Gasteiger charge is 2.30. The number of rotatable bonds is 1. The number of allylic oxidation sites excluding steroid dienone is 1. The van der Waals surface area contributed by atoms with Gasteiger partial charge in [-0.15, -0.1) is 0 Å². The average molecular weight is 189 g/mol. The molecule has 1 rings (SSSR count). The van der Waals surface area contributed by atoms with Gasteiger partial charge in [-0.1, -0.05) is 19.9 Å². The maximum atomic E-state index is 11.5. The minimum absolute atomic E-state index is 0.307. The molecule has 0 aliphatic carbocycles. The molecule has 1 aliphatic rings. The summed E-state index contributed by atoms with van der Waals surface area (Å²) in [5.41, 5.74) is 0. The molecule has 12 heavy (non-hydrogen) atoms. The fourth-order valence-corrected chi connectivity index (χ4v) is 2.78. The fraction of sp³-hybridized carbons (Fsp3) is 0.750. The monoisotopic (exact) mass is 189 g/mol. The molecular weight excluding hydrogens is 174 g/mol. The van der Waals surface area contributed by atoms with E-state index in [1.54, 1.807) is 7.05 Å². The van der Waals surface area contributed by atoms with Gasteiger partial charge in [0.1, 0.15) is 0 Å². The number of nitrogens with zero attached hydrogens (tertiary/aromatic N) is 1. The molecule has 0 aromatic rings. The topological polar surface area (TPSA) is 37.4 Å². The summed E-state index contributed by atoms with van der Waals surface area (Å²) in [7, 11) is -1.44. The van der Waals surface area contributed by atoms with E-state index < -0.39 is 10.0 Å². The first-order valence-electron chi connectivity index (χ1n) is 4.11. The van der Waals surface area contributed by atoms with Crippen LogP contribution in [0, 0.1) is 5.92 Å². The zero-order chi connectivity index (χ0) is 9.35. The predicted octanol–water partition coefficient (Wildman–Crippen LogP) is 1.19. The van der Waals surface area contributed by atoms with Crippen LogP contribution >= 0.6 is 0 Å². The van der Waals surface area contributed by atoms with Crippen LogP contribution in [0.3, 0.4) is 0 Å². The van der Waals surface area contributed by atoms with Crippen molar-refractivity contribution in [1.29, 1.82) is 0 Å². The van der Waals surface area contributed by atoms with Gasteiger partial charge in [0.2, 0.25) is 10.0 Å². The molecule has 0 aromatic carbocycles. The summed E-state index contributed by atoms with van der Waals surface area (Å²) >= 11 is 0. The van der Waals surface area contributed by atoms with Gasteiger partial charge in [0.25, 0.3) is 0 Å². The lowest BCUT2D eigenvalue weighted by molar-refractivity contribution is 0.507. The van der Waals surface area contributed by atoms with Gasteiger partial charge in [-0.2, -0.15) is 0 Å². The SMILES string of the molecule is CC(C)/C=C1/CCN(C)S1(=O)=O. The summed E-state index contributed by atoms with van der Waals surface area (Å²) in [4.78, 5) is 0.583. The third kappa shape index (κ3) is 1.69. The second kappa shape index (κ2) is 3.18. The van der Waals surface area contributed by atoms with Crippen molar-refractivity contribution < 1.29 is 8.42 Å². The Balaban J connectivity index is 2.98. The van der Waals surface area contributed by atoms with Crippen LogP contribution in [0.5, 0.6) is 0 Å². The van der Waals surface area contributed by atoms with E-state index in [-0.39, 0.29) is 0 Å². The van der Waals surface area contributed by atoms with Gasteiger partial charge >= 0.3 is 0 Å². The quantitative estimate of drug-likeness (QED) is 0.621. The summed E-state index contributed by atoms with van der Waals surface area (Å²) in [6.07, 6.45) is 2.50. The van der Waals surface area contributed by atoms with Crippen LogP contribution in [-0.2, 0) is 10.0 Å². The molecule has 0 radical (unpaired) electrons. The Kier molecular flexibility index (Phi) is 2.58. The highest BCUT2D eigenvalue weighted by molar-refractivity contribution is 7.93. The lowest BCUT2D eigenvalue weighted by atomic mass is 10.2. The zero-order valence-corrected chi connectivity index (χ0v) is 8.56. The summed E-state index contributed by atoms with van der Waals surface area (Å²) in [6, 6.07) is 0. The molecule has 1 heterocycles. The Bertz CT molecular complexity index is 290. The summed E-state index contributed by atoms with van der Waals surface area (Å²) in [6.45, 7) is 4.60. The molecule has 1 aliphatic heterocycles. The Morgan fingerprint density at radius 3 is 2.42 bits per heavy atom. The normalized spacial score (nSPS) is 27.2. The van der Waals surface area contributed by atoms with Gasteiger partial charge in [0.05, 0.1) is 4.91 Å². The third-order valence-corrected chi connectivity index (χ3v) is 3.94. The fourth-order valence-electron chi connectivity index (χ4n) is 1.26. The van der Waals surface area contributed by atoms with Gasteiger partial charge in [-0.3, -0.25) is 0 Å². The van der Waals surface area contributed by atoms with Crippen LogP contribution in [0.2, 0.25) is 0 Å². The van der Waals surface area contributed by atoms with Gasteiger partial charge in [0.15, 0.2) is 0 Å². The molecule has 0 unspecified atom stereocenters. The summed E-state index contributed by atoms with van der Waals surface area (Å²) in [5.74, 6) is 0.307. The van der Waals surface area contributed by atoms with Crippen molar-refractivity contribution in [2.75, 3.05) is 13.6 Å². The minimum Gasteiger partial charge on any atom is -0.207 e. The molecule has 70 valence electrons. The van der Waals surface area contributed by atoms with Crippen LogP contribution in [-0.4, -0.2) is 26.3 Å². The zero-order valence-electron chi connectivity index (χ0n) is 7.74. The van der Waals surface area contributed by atoms with Gasteiger partial charge < -0.3 is 0 Å². The molecule has 4 heteroatoms. The Morgan fingerprint density at radius 2 is 2.08 bits per heavy atom. The van der Waals surface area contributed by atoms with Crippen molar-refractivity contribution in [3.63, 3.8) is 0 Å². The van der Waals surface area contributed by atoms with Crippen LogP contribution < -0.4 is 0 Å². The first-order valence-corrected chi connectivity index (χ1v) is 5.55. The number of sulfonamides is 1. The molecule has 0 atom stereocenters. The van der Waals surface area contributed by atoms with Crippen LogP contribution in [0.15, 0.2) is 11.0 Å². The molecule has 0 amide bonds. The predicted molar refractivity (Wildman–Crippen MR) is 49.1 cm³/mol. The van der Waals surface area contributed by atoms with E-state index in [4.69, 9.17) is 0 Å². The third-order valence-electron chi connectivity index (χ3n) is 1.93. The lowest BCUT2D eigenvalue weighted by Crippen LogP contribution is -2.19. The molecule has 0 spiro atoms. The molecule has 0 bridgehead atoms. The Hall–Kier alpha value is -0.350. The van der Waals surface area contributed by atoms with E-state index in [9.17, 15) is 8.42 Å². The standard InChI is InChI=1S/C8H15NO2S/c1-7(2)6-8-4-5-9(3)12(8,10)11/h6-7H,4-5H2,1-3H3/b8-6-. The first-order chi connectivity index (χ1) is 5.44. The number of hydrogen-bond donors (Lipinski definition) is 0. The Labute approximate surface area is 74.1 Å². The second-order valence-electron chi connectivity index (χ2n) is 3.45. The van der Waals surface area contributed by atoms with Crippen molar-refractivity contribution in [3.05, 3.63) is 11.0 Å². The smallest absolute Gasteiger partial charge is 0.207 e. The highest BCUT2D eigenvalue weighted by Crippen LogP contribution is 2.24. The molecule has 0 saturated carbocycles. The van der Waals surface area contributed by atoms with E-state index in [0.29, 0.717) is 23.8 Å². The maximum Gasteiger partial charge on any atom is 0.238 e. The van der Waals surface area contributed by atoms with Crippen LogP contribution in [0.25, 0.3) is 0 Å². The Morgan fingerprint density at radius 1 is 1.50 bits per heavy atom. The van der Waals surface area contributed by atoms with Crippen molar-refractivity contribution in [2.24, 2.45) is 5.92 Å². The molecule has 3 nitrogen and oxygen atoms in total. The average Bonchev–Trinajstić information content (AvgIpc) is 2.15. The van der Waals surface area contributed by atoms with Crippen molar-refractivity contribution in [1.82, 2.24) is 4.31 Å². The van der Waals surface area contributed by atoms with Gasteiger partial charge in [0, 0.05) is 13.6 Å². The van der Waals surface area contributed by atoms with Crippen LogP contribution in [0.4, 0.5) is 0 Å². The van der Waals surface area contributed by atoms with E-state index in [1.807, 2.05) is 19.9 Å². The largest absolute Gasteiger partial charge is 0.238 e. The molecule has 0 N–H and O–H groups in total. The van der Waals surface area contributed by atoms with E-state index in [1.165, 1.54) is 4.31 Å². The maximum absolute atomic E-state index is 11.5. The summed E-state index contributed by atoms with van der Waals surface area (Å²) < 4.78 is 24.4. The van der Waals surface area contributed by atoms with Crippen molar-refractivity contribution in [3.8, 4) is 0 Å². The molecule has 1 saturated heterocycles. The highest BCUT2D eigenvalue weighted by atomic mass is 32.2. The lowest BCUT2D eigenvalue weighted by Gasteiger charge is -2.05. The molecule has 1 fully saturated rings. The minimum atomic E-state index is -3.07. The molecular formula is C8H15NO2S. The number of hydrogen-bond acceptors (Lipinski definition) is 2. The van der Waals surface area contributed by atoms with E-state index in [0.717, 1.165) is 0 Å². The molecule has 0 aromatic heterocycles. The van der Waals surface area contributed by atoms with Gasteiger partial charge in [-0.05, 0) is 12.3 Å². The van der Waals surface area contributed by atoms with E-state index >= 15 is 0 Å². The van der Waals surface area contributed by atoms with E-state index in [2.05, 4.69) is 0 Å². The second-order valence-corrected chi connectivity index (χ2v) is 5.55. The summed E-state index contributed by atoms with van der Waals surface area (Å²) in [5, 5.41) is 0. The van der Waals surface area contributed by atoms with Gasteiger partial charge in [-0.25, -0.2) is 12.7 Å². The van der Waals surface area contributed by atoms with Crippen molar-refractivity contribution in [2.45, 2.75) is 20.3 Å². The van der Waals surface area contributed by atoms with Crippen LogP contribution in [0.1, 0.15) is 20.3 Å². The first kappa shape index (κ1) is 9.74.